The van der Waals surface area contributed by atoms with Gasteiger partial charge in [-0.3, -0.25) is 14.4 Å². The summed E-state index contributed by atoms with van der Waals surface area (Å²) in [6.07, 6.45) is -3.05. The number of carbonyl (C=O) groups is 3. The first kappa shape index (κ1) is 29.4. The number of ketones is 2. The van der Waals surface area contributed by atoms with Crippen LogP contribution in [0.1, 0.15) is 61.2 Å². The van der Waals surface area contributed by atoms with Gasteiger partial charge in [0.05, 0.1) is 17.6 Å². The Hall–Kier alpha value is -3.11. The van der Waals surface area contributed by atoms with Gasteiger partial charge in [0.2, 0.25) is 5.91 Å². The van der Waals surface area contributed by atoms with Crippen molar-refractivity contribution in [2.45, 2.75) is 71.8 Å². The van der Waals surface area contributed by atoms with Gasteiger partial charge in [0.25, 0.3) is 0 Å². The molecule has 2 saturated carbocycles. The molecule has 220 valence electrons. The highest BCUT2D eigenvalue weighted by molar-refractivity contribution is 6.10. The van der Waals surface area contributed by atoms with Gasteiger partial charge in [-0.1, -0.05) is 57.5 Å². The summed E-state index contributed by atoms with van der Waals surface area (Å²) in [6, 6.07) is 9.57. The topological polar surface area (TPSA) is 184 Å². The number of benzene rings is 2. The highest BCUT2D eigenvalue weighted by Gasteiger charge is 2.75. The van der Waals surface area contributed by atoms with Crippen molar-refractivity contribution in [1.82, 2.24) is 0 Å². The molecular formula is C32H40N2O7. The zero-order valence-corrected chi connectivity index (χ0v) is 24.1. The van der Waals surface area contributed by atoms with Gasteiger partial charge in [-0.15, -0.1) is 0 Å². The fourth-order valence-corrected chi connectivity index (χ4v) is 8.80. The lowest BCUT2D eigenvalue weighted by Crippen LogP contribution is -2.79. The van der Waals surface area contributed by atoms with Gasteiger partial charge in [0.15, 0.2) is 17.2 Å². The second-order valence-electron chi connectivity index (χ2n) is 13.3. The van der Waals surface area contributed by atoms with E-state index in [4.69, 9.17) is 11.5 Å². The quantitative estimate of drug-likeness (QED) is 0.305. The number of fused-ring (bicyclic) bond motifs is 3. The molecule has 0 aromatic heterocycles. The van der Waals surface area contributed by atoms with E-state index in [1.54, 1.807) is 13.0 Å². The van der Waals surface area contributed by atoms with Crippen LogP contribution in [0.5, 0.6) is 5.75 Å². The van der Waals surface area contributed by atoms with E-state index >= 15 is 0 Å². The number of aliphatic hydroxyl groups excluding tert-OH is 2. The van der Waals surface area contributed by atoms with Crippen molar-refractivity contribution < 1.29 is 34.8 Å². The third-order valence-electron chi connectivity index (χ3n) is 10.4. The highest BCUT2D eigenvalue weighted by Crippen LogP contribution is 2.66. The van der Waals surface area contributed by atoms with Crippen LogP contribution in [0.15, 0.2) is 30.3 Å². The number of hydrogen-bond donors (Lipinski definition) is 6. The molecule has 8 N–H and O–H groups in total. The molecule has 0 radical (unpaired) electrons. The monoisotopic (exact) mass is 564 g/mol. The first-order valence-corrected chi connectivity index (χ1v) is 14.2. The van der Waals surface area contributed by atoms with Gasteiger partial charge >= 0.3 is 0 Å². The molecular weight excluding hydrogens is 524 g/mol. The zero-order valence-electron chi connectivity index (χ0n) is 24.1. The number of rotatable bonds is 4. The normalized spacial score (nSPS) is 36.5. The number of hydrogen-bond acceptors (Lipinski definition) is 8. The Bertz CT molecular complexity index is 1450. The minimum atomic E-state index is -2.54. The van der Waals surface area contributed by atoms with Gasteiger partial charge < -0.3 is 31.9 Å². The van der Waals surface area contributed by atoms with Gasteiger partial charge in [0.1, 0.15) is 17.8 Å². The molecule has 2 aromatic rings. The van der Waals surface area contributed by atoms with Crippen molar-refractivity contribution >= 4 is 17.5 Å². The SMILES string of the molecule is Cc1ccc(-c2cc(CN)c(O)c3c2C[C@]2(C)C[C@]4(C)[C@@H](C(C)C)C(O)[C@@H](C(N)=O)C(=O)[C@]4(O)C(O)[C@H]2C3=O)cc1. The van der Waals surface area contributed by atoms with Crippen LogP contribution in [0, 0.1) is 41.4 Å². The maximum Gasteiger partial charge on any atom is 0.230 e. The van der Waals surface area contributed by atoms with Crippen molar-refractivity contribution in [2.24, 2.45) is 46.0 Å². The summed E-state index contributed by atoms with van der Waals surface area (Å²) in [4.78, 5) is 40.6. The summed E-state index contributed by atoms with van der Waals surface area (Å²) in [7, 11) is 0. The van der Waals surface area contributed by atoms with Crippen molar-refractivity contribution in [2.75, 3.05) is 0 Å². The van der Waals surface area contributed by atoms with Crippen molar-refractivity contribution in [3.05, 3.63) is 52.6 Å². The Morgan fingerprint density at radius 2 is 1.73 bits per heavy atom. The van der Waals surface area contributed by atoms with Crippen molar-refractivity contribution in [1.29, 1.82) is 0 Å². The van der Waals surface area contributed by atoms with E-state index in [0.717, 1.165) is 16.7 Å². The smallest absolute Gasteiger partial charge is 0.230 e. The van der Waals surface area contributed by atoms with Gasteiger partial charge in [0, 0.05) is 17.5 Å². The van der Waals surface area contributed by atoms with Crippen LogP contribution in [-0.2, 0) is 22.6 Å². The summed E-state index contributed by atoms with van der Waals surface area (Å²) in [6.45, 7) is 9.05. The minimum absolute atomic E-state index is 0.0207. The molecule has 1 amide bonds. The lowest BCUT2D eigenvalue weighted by atomic mass is 9.39. The van der Waals surface area contributed by atoms with E-state index in [0.29, 0.717) is 11.1 Å². The van der Waals surface area contributed by atoms with Crippen LogP contribution in [0.2, 0.25) is 0 Å². The highest BCUT2D eigenvalue weighted by atomic mass is 16.4. The molecule has 9 heteroatoms. The molecule has 0 bridgehead atoms. The van der Waals surface area contributed by atoms with E-state index in [2.05, 4.69) is 0 Å². The number of amides is 1. The molecule has 8 atom stereocenters. The van der Waals surface area contributed by atoms with E-state index in [1.807, 2.05) is 52.0 Å². The Morgan fingerprint density at radius 1 is 1.12 bits per heavy atom. The Kier molecular flexibility index (Phi) is 6.78. The summed E-state index contributed by atoms with van der Waals surface area (Å²) in [5, 5.41) is 46.7. The molecule has 2 fully saturated rings. The largest absolute Gasteiger partial charge is 0.507 e. The molecule has 3 aliphatic rings. The molecule has 0 spiro atoms. The number of carbonyl (C=O) groups excluding carboxylic acids is 3. The number of aromatic hydroxyl groups is 1. The first-order valence-electron chi connectivity index (χ1n) is 14.2. The van der Waals surface area contributed by atoms with Gasteiger partial charge in [-0.05, 0) is 59.8 Å². The predicted molar refractivity (Wildman–Crippen MR) is 152 cm³/mol. The van der Waals surface area contributed by atoms with Crippen LogP contribution in [0.3, 0.4) is 0 Å². The molecule has 2 aromatic carbocycles. The second-order valence-corrected chi connectivity index (χ2v) is 13.3. The summed E-state index contributed by atoms with van der Waals surface area (Å²) in [5.41, 5.74) is 10.2. The van der Waals surface area contributed by atoms with Crippen LogP contribution < -0.4 is 11.5 Å². The molecule has 0 saturated heterocycles. The second kappa shape index (κ2) is 9.46. The lowest BCUT2D eigenvalue weighted by molar-refractivity contribution is -0.265. The zero-order chi connectivity index (χ0) is 30.4. The number of aliphatic hydroxyl groups is 3. The molecule has 2 unspecified atom stereocenters. The van der Waals surface area contributed by atoms with Crippen LogP contribution >= 0.6 is 0 Å². The molecule has 0 aliphatic heterocycles. The average Bonchev–Trinajstić information content (AvgIpc) is 2.86. The Balaban J connectivity index is 1.76. The van der Waals surface area contributed by atoms with E-state index in [9.17, 15) is 34.8 Å². The predicted octanol–water partition coefficient (Wildman–Crippen LogP) is 2.01. The molecule has 41 heavy (non-hydrogen) atoms. The van der Waals surface area contributed by atoms with E-state index in [1.165, 1.54) is 0 Å². The summed E-state index contributed by atoms with van der Waals surface area (Å²) in [5.74, 6) is -7.19. The maximum atomic E-state index is 14.4. The molecule has 5 rings (SSSR count). The third-order valence-corrected chi connectivity index (χ3v) is 10.4. The Labute approximate surface area is 239 Å². The number of phenolic OH excluding ortho intramolecular Hbond substituents is 1. The number of phenols is 1. The lowest BCUT2D eigenvalue weighted by Gasteiger charge is -2.66. The molecule has 3 aliphatic carbocycles. The van der Waals surface area contributed by atoms with Gasteiger partial charge in [-0.25, -0.2) is 0 Å². The fraction of sp³-hybridized carbons (Fsp3) is 0.531. The molecule has 9 nitrogen and oxygen atoms in total. The number of Topliss-reactive ketones (excluding diaryl/α,β-unsaturated/α-hetero) is 2. The van der Waals surface area contributed by atoms with Gasteiger partial charge in [-0.2, -0.15) is 0 Å². The number of nitrogens with two attached hydrogens (primary N) is 2. The van der Waals surface area contributed by atoms with E-state index in [-0.39, 0.29) is 36.6 Å². The Morgan fingerprint density at radius 3 is 2.27 bits per heavy atom. The third kappa shape index (κ3) is 3.79. The fourth-order valence-electron chi connectivity index (χ4n) is 8.80. The number of primary amides is 1. The first-order chi connectivity index (χ1) is 19.0. The van der Waals surface area contributed by atoms with Crippen LogP contribution in [-0.4, -0.2) is 55.7 Å². The van der Waals surface area contributed by atoms with Crippen molar-refractivity contribution in [3.8, 4) is 16.9 Å². The maximum absolute atomic E-state index is 14.4. The molecule has 0 heterocycles. The van der Waals surface area contributed by atoms with E-state index < -0.39 is 63.9 Å². The summed E-state index contributed by atoms with van der Waals surface area (Å²) >= 11 is 0. The van der Waals surface area contributed by atoms with Crippen LogP contribution in [0.25, 0.3) is 11.1 Å². The van der Waals surface area contributed by atoms with Crippen LogP contribution in [0.4, 0.5) is 0 Å². The average molecular weight is 565 g/mol. The summed E-state index contributed by atoms with van der Waals surface area (Å²) < 4.78 is 0. The van der Waals surface area contributed by atoms with Crippen molar-refractivity contribution in [3.63, 3.8) is 0 Å². The minimum Gasteiger partial charge on any atom is -0.507 e. The standard InChI is InChI=1S/C32H40N2O7/c1-14(2)22-26(37)21(29(34)40)27(38)32(41)28(39)23-25(36)20-19(11-30(23,4)13-31(22,32)5)18(10-17(12-33)24(20)35)16-8-6-15(3)7-9-16/h6-10,14,21-23,26,28,35,37,39,41H,11-13,33H2,1-5H3,(H2,34,40)/t21-,22+,23-,26?,28?,30-,31-,32+/m1/s1. The number of aryl methyl sites for hydroxylation is 1.